The fourth-order valence-electron chi connectivity index (χ4n) is 3.75. The number of para-hydroxylation sites is 1. The molecule has 0 radical (unpaired) electrons. The molecule has 1 aromatic rings. The van der Waals surface area contributed by atoms with Crippen molar-refractivity contribution in [3.8, 4) is 5.75 Å². The van der Waals surface area contributed by atoms with Crippen molar-refractivity contribution in [3.63, 3.8) is 0 Å². The second-order valence-electron chi connectivity index (χ2n) is 7.12. The van der Waals surface area contributed by atoms with Gasteiger partial charge >= 0.3 is 5.97 Å². The lowest BCUT2D eigenvalue weighted by molar-refractivity contribution is -0.158. The Kier molecular flexibility index (Phi) is 5.63. The number of allylic oxidation sites excluding steroid dienone is 2. The fourth-order valence-corrected chi connectivity index (χ4v) is 3.75. The Morgan fingerprint density at radius 1 is 1.07 bits per heavy atom. The van der Waals surface area contributed by atoms with Crippen LogP contribution in [0.2, 0.25) is 0 Å². The molecule has 144 valence electrons. The number of aryl methyl sites for hydroxylation is 2. The highest BCUT2D eigenvalue weighted by molar-refractivity contribution is 6.08. The average Bonchev–Trinajstić information content (AvgIpc) is 2.91. The summed E-state index contributed by atoms with van der Waals surface area (Å²) in [5, 5.41) is 0. The third kappa shape index (κ3) is 3.75. The minimum absolute atomic E-state index is 0.0571. The van der Waals surface area contributed by atoms with Crippen LogP contribution in [-0.2, 0) is 19.1 Å². The van der Waals surface area contributed by atoms with Crippen LogP contribution in [-0.4, -0.2) is 41.9 Å². The van der Waals surface area contributed by atoms with E-state index in [1.165, 1.54) is 6.92 Å². The number of ether oxygens (including phenoxy) is 2. The second kappa shape index (κ2) is 7.94. The smallest absolute Gasteiger partial charge is 0.329 e. The van der Waals surface area contributed by atoms with E-state index in [1.807, 2.05) is 44.2 Å². The Balaban J connectivity index is 1.52. The van der Waals surface area contributed by atoms with Gasteiger partial charge in [0.05, 0.1) is 11.8 Å². The number of amides is 2. The number of hydrogen-bond acceptors (Lipinski definition) is 5. The second-order valence-corrected chi connectivity index (χ2v) is 7.12. The number of fused-ring (bicyclic) bond motifs is 1. The Bertz CT molecular complexity index is 739. The summed E-state index contributed by atoms with van der Waals surface area (Å²) < 4.78 is 11.0. The first-order chi connectivity index (χ1) is 12.9. The van der Waals surface area contributed by atoms with Gasteiger partial charge in [-0.2, -0.15) is 0 Å². The van der Waals surface area contributed by atoms with Gasteiger partial charge in [-0.3, -0.25) is 14.5 Å². The molecule has 0 bridgehead atoms. The molecular weight excluding hydrogens is 346 g/mol. The first-order valence-corrected chi connectivity index (χ1v) is 9.29. The molecule has 1 aliphatic carbocycles. The summed E-state index contributed by atoms with van der Waals surface area (Å²) >= 11 is 0. The molecule has 0 unspecified atom stereocenters. The van der Waals surface area contributed by atoms with Crippen molar-refractivity contribution in [1.82, 2.24) is 4.90 Å². The minimum Gasteiger partial charge on any atom is -0.489 e. The van der Waals surface area contributed by atoms with Crippen LogP contribution >= 0.6 is 0 Å². The van der Waals surface area contributed by atoms with Crippen LogP contribution in [0.5, 0.6) is 5.75 Å². The van der Waals surface area contributed by atoms with Crippen molar-refractivity contribution < 1.29 is 23.9 Å². The first kappa shape index (κ1) is 19.1. The van der Waals surface area contributed by atoms with Crippen molar-refractivity contribution in [2.24, 2.45) is 11.8 Å². The summed E-state index contributed by atoms with van der Waals surface area (Å²) in [6.45, 7) is 5.71. The maximum Gasteiger partial charge on any atom is 0.329 e. The van der Waals surface area contributed by atoms with Crippen molar-refractivity contribution in [2.45, 2.75) is 39.7 Å². The van der Waals surface area contributed by atoms with Crippen LogP contribution in [0.1, 0.15) is 30.9 Å². The van der Waals surface area contributed by atoms with Gasteiger partial charge in [-0.15, -0.1) is 0 Å². The predicted octanol–water partition coefficient (Wildman–Crippen LogP) is 2.57. The van der Waals surface area contributed by atoms with Crippen molar-refractivity contribution >= 4 is 17.8 Å². The molecule has 1 saturated heterocycles. The molecule has 1 heterocycles. The largest absolute Gasteiger partial charge is 0.489 e. The van der Waals surface area contributed by atoms with E-state index in [0.29, 0.717) is 12.8 Å². The van der Waals surface area contributed by atoms with Gasteiger partial charge in [-0.25, -0.2) is 4.79 Å². The Morgan fingerprint density at radius 3 is 2.19 bits per heavy atom. The van der Waals surface area contributed by atoms with E-state index >= 15 is 0 Å². The summed E-state index contributed by atoms with van der Waals surface area (Å²) in [4.78, 5) is 38.5. The number of benzene rings is 1. The first-order valence-electron chi connectivity index (χ1n) is 9.29. The van der Waals surface area contributed by atoms with E-state index in [-0.39, 0.29) is 36.9 Å². The Hall–Kier alpha value is -2.63. The number of imide groups is 1. The number of nitrogens with zero attached hydrogens (tertiary/aromatic N) is 1. The molecule has 6 nitrogen and oxygen atoms in total. The van der Waals surface area contributed by atoms with Gasteiger partial charge in [-0.05, 0) is 44.7 Å². The maximum atomic E-state index is 12.5. The highest BCUT2D eigenvalue weighted by Crippen LogP contribution is 2.36. The SMILES string of the molecule is Cc1cccc(C)c1OCCOC(=O)[C@H](C)N1C(=O)[C@@H]2CC=CC[C@H]2C1=O. The van der Waals surface area contributed by atoms with E-state index in [4.69, 9.17) is 9.47 Å². The third-order valence-corrected chi connectivity index (χ3v) is 5.25. The molecule has 2 amide bonds. The zero-order valence-electron chi connectivity index (χ0n) is 15.9. The van der Waals surface area contributed by atoms with Gasteiger partial charge in [0.1, 0.15) is 25.0 Å². The van der Waals surface area contributed by atoms with Crippen molar-refractivity contribution in [1.29, 1.82) is 0 Å². The molecular formula is C21H25NO5. The van der Waals surface area contributed by atoms with E-state index in [1.54, 1.807) is 0 Å². The molecule has 0 saturated carbocycles. The van der Waals surface area contributed by atoms with E-state index in [0.717, 1.165) is 21.8 Å². The molecule has 0 aromatic heterocycles. The maximum absolute atomic E-state index is 12.5. The lowest BCUT2D eigenvalue weighted by Gasteiger charge is -2.21. The van der Waals surface area contributed by atoms with E-state index in [9.17, 15) is 14.4 Å². The summed E-state index contributed by atoms with van der Waals surface area (Å²) in [6, 6.07) is 4.94. The Morgan fingerprint density at radius 2 is 1.63 bits per heavy atom. The highest BCUT2D eigenvalue weighted by Gasteiger charge is 2.50. The van der Waals surface area contributed by atoms with Crippen molar-refractivity contribution in [2.75, 3.05) is 13.2 Å². The lowest BCUT2D eigenvalue weighted by atomic mass is 9.85. The molecule has 1 fully saturated rings. The average molecular weight is 371 g/mol. The number of carbonyl (C=O) groups is 3. The Labute approximate surface area is 159 Å². The van der Waals surface area contributed by atoms with Gasteiger partial charge in [0.2, 0.25) is 11.8 Å². The topological polar surface area (TPSA) is 72.9 Å². The highest BCUT2D eigenvalue weighted by atomic mass is 16.6. The third-order valence-electron chi connectivity index (χ3n) is 5.25. The number of hydrogen-bond donors (Lipinski definition) is 0. The molecule has 27 heavy (non-hydrogen) atoms. The van der Waals surface area contributed by atoms with Gasteiger partial charge in [-0.1, -0.05) is 30.4 Å². The molecule has 1 aliphatic heterocycles. The van der Waals surface area contributed by atoms with E-state index < -0.39 is 12.0 Å². The minimum atomic E-state index is -0.921. The molecule has 6 heteroatoms. The molecule has 1 aromatic carbocycles. The monoisotopic (exact) mass is 371 g/mol. The van der Waals surface area contributed by atoms with Crippen LogP contribution < -0.4 is 4.74 Å². The van der Waals surface area contributed by atoms with Gasteiger partial charge in [0.25, 0.3) is 0 Å². The molecule has 2 aliphatic rings. The van der Waals surface area contributed by atoms with Crippen LogP contribution in [0.15, 0.2) is 30.4 Å². The molecule has 0 spiro atoms. The van der Waals surface area contributed by atoms with E-state index in [2.05, 4.69) is 0 Å². The standard InChI is InChI=1S/C21H25NO5/c1-13-7-6-8-14(2)18(13)26-11-12-27-21(25)15(3)22-19(23)16-9-4-5-10-17(16)20(22)24/h4-8,15-17H,9-12H2,1-3H3/t15-,16+,17+/m0/s1. The summed E-state index contributed by atoms with van der Waals surface area (Å²) in [5.41, 5.74) is 2.03. The normalized spacial score (nSPS) is 22.6. The number of rotatable bonds is 6. The number of esters is 1. The lowest BCUT2D eigenvalue weighted by Crippen LogP contribution is -2.44. The zero-order valence-corrected chi connectivity index (χ0v) is 15.9. The van der Waals surface area contributed by atoms with Crippen molar-refractivity contribution in [3.05, 3.63) is 41.5 Å². The van der Waals surface area contributed by atoms with Gasteiger partial charge in [0.15, 0.2) is 0 Å². The summed E-state index contributed by atoms with van der Waals surface area (Å²) in [6.07, 6.45) is 4.95. The van der Waals surface area contributed by atoms with Gasteiger partial charge in [0, 0.05) is 0 Å². The van der Waals surface area contributed by atoms with Crippen LogP contribution in [0.4, 0.5) is 0 Å². The quantitative estimate of drug-likeness (QED) is 0.333. The predicted molar refractivity (Wildman–Crippen MR) is 99.0 cm³/mol. The van der Waals surface area contributed by atoms with Gasteiger partial charge < -0.3 is 9.47 Å². The zero-order chi connectivity index (χ0) is 19.6. The van der Waals surface area contributed by atoms with Crippen LogP contribution in [0, 0.1) is 25.7 Å². The molecule has 0 N–H and O–H groups in total. The number of carbonyl (C=O) groups excluding carboxylic acids is 3. The summed E-state index contributed by atoms with van der Waals surface area (Å²) in [7, 11) is 0. The van der Waals surface area contributed by atoms with Crippen LogP contribution in [0.3, 0.4) is 0 Å². The molecule has 3 atom stereocenters. The number of likely N-dealkylation sites (tertiary alicyclic amines) is 1. The van der Waals surface area contributed by atoms with Crippen LogP contribution in [0.25, 0.3) is 0 Å². The fraction of sp³-hybridized carbons (Fsp3) is 0.476. The molecule has 3 rings (SSSR count). The summed E-state index contributed by atoms with van der Waals surface area (Å²) in [5.74, 6) is -1.04.